The monoisotopic (exact) mass is 283 g/mol. The van der Waals surface area contributed by atoms with Crippen LogP contribution in [0.2, 0.25) is 0 Å². The van der Waals surface area contributed by atoms with E-state index in [4.69, 9.17) is 9.84 Å². The molecule has 1 aliphatic heterocycles. The molecular formula is C13H17NO4S. The summed E-state index contributed by atoms with van der Waals surface area (Å²) >= 11 is 1.50. The van der Waals surface area contributed by atoms with Gasteiger partial charge in [-0.05, 0) is 11.4 Å². The SMILES string of the molecule is O=C(O)C[C@@H](CC(=O)N1CCOCC1)c1cccs1. The maximum atomic E-state index is 12.2. The van der Waals surface area contributed by atoms with Gasteiger partial charge in [0.05, 0.1) is 19.6 Å². The highest BCUT2D eigenvalue weighted by atomic mass is 32.1. The molecule has 1 N–H and O–H groups in total. The number of carboxylic acid groups (broad SMARTS) is 1. The van der Waals surface area contributed by atoms with Gasteiger partial charge in [-0.25, -0.2) is 0 Å². The zero-order valence-corrected chi connectivity index (χ0v) is 11.4. The maximum Gasteiger partial charge on any atom is 0.304 e. The van der Waals surface area contributed by atoms with Gasteiger partial charge in [0.1, 0.15) is 0 Å². The van der Waals surface area contributed by atoms with E-state index in [0.717, 1.165) is 4.88 Å². The lowest BCUT2D eigenvalue weighted by atomic mass is 9.98. The van der Waals surface area contributed by atoms with Crippen molar-refractivity contribution in [3.8, 4) is 0 Å². The Kier molecular flexibility index (Phi) is 4.93. The molecule has 104 valence electrons. The molecule has 1 atom stereocenters. The summed E-state index contributed by atoms with van der Waals surface area (Å²) in [5, 5.41) is 10.9. The minimum Gasteiger partial charge on any atom is -0.481 e. The van der Waals surface area contributed by atoms with Gasteiger partial charge in [-0.2, -0.15) is 0 Å². The third-order valence-corrected chi connectivity index (χ3v) is 4.19. The van der Waals surface area contributed by atoms with E-state index < -0.39 is 5.97 Å². The third kappa shape index (κ3) is 4.04. The standard InChI is InChI=1S/C13H17NO4S/c15-12(14-3-5-18-6-4-14)8-10(9-13(16)17)11-2-1-7-19-11/h1-2,7,10H,3-6,8-9H2,(H,16,17)/t10-/m1/s1. The number of hydrogen-bond donors (Lipinski definition) is 1. The normalized spacial score (nSPS) is 17.2. The molecule has 0 aromatic carbocycles. The molecule has 5 nitrogen and oxygen atoms in total. The van der Waals surface area contributed by atoms with Crippen LogP contribution in [0.4, 0.5) is 0 Å². The van der Waals surface area contributed by atoms with Crippen LogP contribution in [-0.4, -0.2) is 48.2 Å². The third-order valence-electron chi connectivity index (χ3n) is 3.15. The van der Waals surface area contributed by atoms with Gasteiger partial charge in [0, 0.05) is 30.3 Å². The van der Waals surface area contributed by atoms with Gasteiger partial charge in [-0.15, -0.1) is 11.3 Å². The largest absolute Gasteiger partial charge is 0.481 e. The van der Waals surface area contributed by atoms with Crippen molar-refractivity contribution >= 4 is 23.2 Å². The number of carbonyl (C=O) groups excluding carboxylic acids is 1. The van der Waals surface area contributed by atoms with Crippen LogP contribution in [0.1, 0.15) is 23.6 Å². The number of hydrogen-bond acceptors (Lipinski definition) is 4. The molecule has 2 heterocycles. The van der Waals surface area contributed by atoms with E-state index in [1.165, 1.54) is 11.3 Å². The Bertz CT molecular complexity index is 426. The number of carboxylic acids is 1. The van der Waals surface area contributed by atoms with Crippen LogP contribution in [0.25, 0.3) is 0 Å². The van der Waals surface area contributed by atoms with Crippen LogP contribution < -0.4 is 0 Å². The molecule has 19 heavy (non-hydrogen) atoms. The van der Waals surface area contributed by atoms with Crippen molar-refractivity contribution in [3.63, 3.8) is 0 Å². The lowest BCUT2D eigenvalue weighted by Crippen LogP contribution is -2.41. The minimum absolute atomic E-state index is 0.00338. The highest BCUT2D eigenvalue weighted by Crippen LogP contribution is 2.28. The van der Waals surface area contributed by atoms with Crippen LogP contribution in [0.15, 0.2) is 17.5 Å². The average molecular weight is 283 g/mol. The molecule has 0 radical (unpaired) electrons. The van der Waals surface area contributed by atoms with Gasteiger partial charge in [-0.1, -0.05) is 6.07 Å². The Labute approximate surface area is 115 Å². The summed E-state index contributed by atoms with van der Waals surface area (Å²) in [4.78, 5) is 25.8. The topological polar surface area (TPSA) is 66.8 Å². The van der Waals surface area contributed by atoms with Crippen molar-refractivity contribution in [1.29, 1.82) is 0 Å². The van der Waals surface area contributed by atoms with Crippen LogP contribution in [0, 0.1) is 0 Å². The average Bonchev–Trinajstić information content (AvgIpc) is 2.92. The van der Waals surface area contributed by atoms with Gasteiger partial charge in [0.2, 0.25) is 5.91 Å². The molecule has 6 heteroatoms. The number of nitrogens with zero attached hydrogens (tertiary/aromatic N) is 1. The van der Waals surface area contributed by atoms with E-state index in [1.54, 1.807) is 4.90 Å². The summed E-state index contributed by atoms with van der Waals surface area (Å²) in [6.45, 7) is 2.33. The minimum atomic E-state index is -0.867. The summed E-state index contributed by atoms with van der Waals surface area (Å²) < 4.78 is 5.21. The van der Waals surface area contributed by atoms with Crippen molar-refractivity contribution in [1.82, 2.24) is 4.90 Å². The van der Waals surface area contributed by atoms with Gasteiger partial charge >= 0.3 is 5.97 Å². The van der Waals surface area contributed by atoms with Crippen molar-refractivity contribution in [2.45, 2.75) is 18.8 Å². The molecule has 0 aliphatic carbocycles. The molecule has 1 fully saturated rings. The molecule has 1 aliphatic rings. The Hall–Kier alpha value is -1.40. The van der Waals surface area contributed by atoms with Gasteiger partial charge in [0.25, 0.3) is 0 Å². The Balaban J connectivity index is 1.99. The maximum absolute atomic E-state index is 12.2. The molecule has 2 rings (SSSR count). The van der Waals surface area contributed by atoms with E-state index in [1.807, 2.05) is 17.5 Å². The molecule has 1 saturated heterocycles. The molecule has 1 aromatic rings. The van der Waals surface area contributed by atoms with Crippen molar-refractivity contribution < 1.29 is 19.4 Å². The molecule has 0 spiro atoms. The second-order valence-electron chi connectivity index (χ2n) is 4.51. The molecule has 1 amide bonds. The fourth-order valence-corrected chi connectivity index (χ4v) is 2.99. The highest BCUT2D eigenvalue weighted by molar-refractivity contribution is 7.10. The van der Waals surface area contributed by atoms with Crippen LogP contribution in [0.5, 0.6) is 0 Å². The zero-order chi connectivity index (χ0) is 13.7. The number of amides is 1. The summed E-state index contributed by atoms with van der Waals surface area (Å²) in [6.07, 6.45) is 0.253. The number of rotatable bonds is 5. The second-order valence-corrected chi connectivity index (χ2v) is 5.49. The Morgan fingerprint density at radius 3 is 2.68 bits per heavy atom. The lowest BCUT2D eigenvalue weighted by Gasteiger charge is -2.28. The fourth-order valence-electron chi connectivity index (χ4n) is 2.16. The summed E-state index contributed by atoms with van der Waals surface area (Å²) in [7, 11) is 0. The number of carbonyl (C=O) groups is 2. The summed E-state index contributed by atoms with van der Waals surface area (Å²) in [5.41, 5.74) is 0. The summed E-state index contributed by atoms with van der Waals surface area (Å²) in [6, 6.07) is 3.78. The van der Waals surface area contributed by atoms with E-state index in [0.29, 0.717) is 26.3 Å². The van der Waals surface area contributed by atoms with E-state index in [9.17, 15) is 9.59 Å². The highest BCUT2D eigenvalue weighted by Gasteiger charge is 2.24. The molecule has 0 bridgehead atoms. The van der Waals surface area contributed by atoms with Crippen molar-refractivity contribution in [2.24, 2.45) is 0 Å². The predicted molar refractivity (Wildman–Crippen MR) is 71.3 cm³/mol. The van der Waals surface area contributed by atoms with Gasteiger partial charge in [-0.3, -0.25) is 9.59 Å². The zero-order valence-electron chi connectivity index (χ0n) is 10.6. The van der Waals surface area contributed by atoms with E-state index in [2.05, 4.69) is 0 Å². The number of morpholine rings is 1. The predicted octanol–water partition coefficient (Wildman–Crippen LogP) is 1.56. The van der Waals surface area contributed by atoms with E-state index >= 15 is 0 Å². The molecular weight excluding hydrogens is 266 g/mol. The Morgan fingerprint density at radius 1 is 1.37 bits per heavy atom. The van der Waals surface area contributed by atoms with Crippen LogP contribution in [-0.2, 0) is 14.3 Å². The first-order chi connectivity index (χ1) is 9.16. The quantitative estimate of drug-likeness (QED) is 0.890. The van der Waals surface area contributed by atoms with Crippen LogP contribution in [0.3, 0.4) is 0 Å². The van der Waals surface area contributed by atoms with Gasteiger partial charge < -0.3 is 14.7 Å². The first-order valence-corrected chi connectivity index (χ1v) is 7.15. The summed E-state index contributed by atoms with van der Waals surface area (Å²) in [5.74, 6) is -1.08. The second kappa shape index (κ2) is 6.68. The van der Waals surface area contributed by atoms with Crippen molar-refractivity contribution in [3.05, 3.63) is 22.4 Å². The van der Waals surface area contributed by atoms with Gasteiger partial charge in [0.15, 0.2) is 0 Å². The molecule has 0 saturated carbocycles. The fraction of sp³-hybridized carbons (Fsp3) is 0.538. The number of thiophene rings is 1. The number of aliphatic carboxylic acids is 1. The number of ether oxygens (including phenoxy) is 1. The van der Waals surface area contributed by atoms with Crippen LogP contribution >= 0.6 is 11.3 Å². The lowest BCUT2D eigenvalue weighted by molar-refractivity contribution is -0.138. The molecule has 0 unspecified atom stereocenters. The smallest absolute Gasteiger partial charge is 0.304 e. The van der Waals surface area contributed by atoms with E-state index in [-0.39, 0.29) is 24.7 Å². The first-order valence-electron chi connectivity index (χ1n) is 6.27. The first kappa shape index (κ1) is 14.0. The Morgan fingerprint density at radius 2 is 2.11 bits per heavy atom. The van der Waals surface area contributed by atoms with Crippen molar-refractivity contribution in [2.75, 3.05) is 26.3 Å². The molecule has 1 aromatic heterocycles.